The number of fused-ring (bicyclic) bond motifs is 1. The highest BCUT2D eigenvalue weighted by atomic mass is 35.5. The Morgan fingerprint density at radius 1 is 1.10 bits per heavy atom. The molecule has 4 heteroatoms. The van der Waals surface area contributed by atoms with E-state index < -0.39 is 0 Å². The minimum atomic E-state index is -0.275. The monoisotopic (exact) mass is 288 g/mol. The van der Waals surface area contributed by atoms with Crippen LogP contribution in [0.5, 0.6) is 0 Å². The number of hydrogen-bond donors (Lipinski definition) is 1. The van der Waals surface area contributed by atoms with Gasteiger partial charge in [0.05, 0.1) is 0 Å². The van der Waals surface area contributed by atoms with Crippen molar-refractivity contribution in [3.8, 4) is 0 Å². The van der Waals surface area contributed by atoms with E-state index in [9.17, 15) is 4.39 Å². The summed E-state index contributed by atoms with van der Waals surface area (Å²) in [6.07, 6.45) is 1.98. The maximum atomic E-state index is 13.3. The predicted octanol–water partition coefficient (Wildman–Crippen LogP) is 3.94. The van der Waals surface area contributed by atoms with Gasteiger partial charge in [0, 0.05) is 29.8 Å². The van der Waals surface area contributed by atoms with Crippen LogP contribution in [0.25, 0.3) is 10.9 Å². The van der Waals surface area contributed by atoms with E-state index in [4.69, 9.17) is 17.3 Å². The second-order valence-corrected chi connectivity index (χ2v) is 5.18. The molecule has 20 heavy (non-hydrogen) atoms. The molecule has 3 aromatic rings. The van der Waals surface area contributed by atoms with Gasteiger partial charge < -0.3 is 10.3 Å². The molecule has 2 N–H and O–H groups in total. The van der Waals surface area contributed by atoms with Gasteiger partial charge >= 0.3 is 0 Å². The molecule has 0 unspecified atom stereocenters. The number of benzene rings is 2. The average Bonchev–Trinajstić information content (AvgIpc) is 2.85. The number of nitrogens with zero attached hydrogens (tertiary/aromatic N) is 1. The van der Waals surface area contributed by atoms with Crippen molar-refractivity contribution < 1.29 is 4.39 Å². The Hall–Kier alpha value is -1.84. The Balaban J connectivity index is 2.04. The molecule has 0 atom stereocenters. The molecule has 3 rings (SSSR count). The van der Waals surface area contributed by atoms with E-state index in [1.165, 1.54) is 12.1 Å². The first-order chi connectivity index (χ1) is 9.67. The first kappa shape index (κ1) is 13.2. The number of rotatable bonds is 3. The fourth-order valence-electron chi connectivity index (χ4n) is 2.34. The molecule has 0 aliphatic rings. The number of nitrogens with two attached hydrogens (primary N) is 1. The van der Waals surface area contributed by atoms with Gasteiger partial charge in [0.15, 0.2) is 0 Å². The van der Waals surface area contributed by atoms with Crippen LogP contribution in [0.4, 0.5) is 4.39 Å². The van der Waals surface area contributed by atoms with Crippen LogP contribution in [0.1, 0.15) is 11.1 Å². The van der Waals surface area contributed by atoms with E-state index in [1.54, 1.807) is 6.07 Å². The van der Waals surface area contributed by atoms with Gasteiger partial charge in [-0.1, -0.05) is 23.7 Å². The molecule has 1 heterocycles. The molecular formula is C16H14ClFN2. The summed E-state index contributed by atoms with van der Waals surface area (Å²) >= 11 is 6.12. The Bertz CT molecular complexity index is 764. The normalized spacial score (nSPS) is 11.2. The lowest BCUT2D eigenvalue weighted by molar-refractivity contribution is 0.624. The van der Waals surface area contributed by atoms with E-state index in [2.05, 4.69) is 10.6 Å². The third-order valence-electron chi connectivity index (χ3n) is 3.42. The Morgan fingerprint density at radius 2 is 1.95 bits per heavy atom. The summed E-state index contributed by atoms with van der Waals surface area (Å²) in [6.45, 7) is 1.04. The standard InChI is InChI=1S/C16H14ClFN2/c17-15-4-3-14(18)8-13(15)10-20-6-5-12-2-1-11(9-19)7-16(12)20/h1-8H,9-10,19H2. The summed E-state index contributed by atoms with van der Waals surface area (Å²) in [5.74, 6) is -0.275. The van der Waals surface area contributed by atoms with E-state index in [-0.39, 0.29) is 5.82 Å². The first-order valence-electron chi connectivity index (χ1n) is 6.39. The smallest absolute Gasteiger partial charge is 0.123 e. The molecule has 0 aliphatic carbocycles. The van der Waals surface area contributed by atoms with Crippen LogP contribution < -0.4 is 5.73 Å². The van der Waals surface area contributed by atoms with Crippen molar-refractivity contribution in [1.82, 2.24) is 4.57 Å². The maximum Gasteiger partial charge on any atom is 0.123 e. The largest absolute Gasteiger partial charge is 0.343 e. The van der Waals surface area contributed by atoms with Crippen molar-refractivity contribution in [3.05, 3.63) is 70.6 Å². The van der Waals surface area contributed by atoms with Gasteiger partial charge in [0.1, 0.15) is 5.82 Å². The third kappa shape index (κ3) is 2.42. The van der Waals surface area contributed by atoms with Crippen molar-refractivity contribution in [2.24, 2.45) is 5.73 Å². The predicted molar refractivity (Wildman–Crippen MR) is 80.3 cm³/mol. The molecule has 0 amide bonds. The van der Waals surface area contributed by atoms with Crippen LogP contribution >= 0.6 is 11.6 Å². The van der Waals surface area contributed by atoms with Crippen LogP contribution in [0, 0.1) is 5.82 Å². The molecule has 0 aliphatic heterocycles. The molecule has 0 fully saturated rings. The van der Waals surface area contributed by atoms with Crippen LogP contribution in [0.15, 0.2) is 48.7 Å². The lowest BCUT2D eigenvalue weighted by atomic mass is 10.1. The molecular weight excluding hydrogens is 275 g/mol. The SMILES string of the molecule is NCc1ccc2ccn(Cc3cc(F)ccc3Cl)c2c1. The second-order valence-electron chi connectivity index (χ2n) is 4.78. The van der Waals surface area contributed by atoms with Crippen LogP contribution in [0.3, 0.4) is 0 Å². The molecule has 2 nitrogen and oxygen atoms in total. The topological polar surface area (TPSA) is 30.9 Å². The van der Waals surface area contributed by atoms with Crippen LogP contribution in [-0.4, -0.2) is 4.57 Å². The summed E-state index contributed by atoms with van der Waals surface area (Å²) in [6, 6.07) is 12.6. The van der Waals surface area contributed by atoms with Gasteiger partial charge in [-0.2, -0.15) is 0 Å². The molecule has 1 aromatic heterocycles. The van der Waals surface area contributed by atoms with E-state index in [0.717, 1.165) is 22.0 Å². The van der Waals surface area contributed by atoms with Gasteiger partial charge in [-0.3, -0.25) is 0 Å². The Morgan fingerprint density at radius 3 is 2.75 bits per heavy atom. The van der Waals surface area contributed by atoms with Gasteiger partial charge in [-0.15, -0.1) is 0 Å². The van der Waals surface area contributed by atoms with Gasteiger partial charge in [-0.25, -0.2) is 4.39 Å². The molecule has 2 aromatic carbocycles. The van der Waals surface area contributed by atoms with E-state index in [0.29, 0.717) is 18.1 Å². The zero-order valence-corrected chi connectivity index (χ0v) is 11.6. The molecule has 102 valence electrons. The highest BCUT2D eigenvalue weighted by molar-refractivity contribution is 6.31. The highest BCUT2D eigenvalue weighted by Crippen LogP contribution is 2.22. The summed E-state index contributed by atoms with van der Waals surface area (Å²) in [5, 5.41) is 1.71. The van der Waals surface area contributed by atoms with E-state index >= 15 is 0 Å². The molecule has 0 saturated heterocycles. The molecule has 0 spiro atoms. The Labute approximate surface area is 121 Å². The van der Waals surface area contributed by atoms with Crippen molar-refractivity contribution in [3.63, 3.8) is 0 Å². The zero-order chi connectivity index (χ0) is 14.1. The fraction of sp³-hybridized carbons (Fsp3) is 0.125. The maximum absolute atomic E-state index is 13.3. The number of hydrogen-bond acceptors (Lipinski definition) is 1. The fourth-order valence-corrected chi connectivity index (χ4v) is 2.52. The summed E-state index contributed by atoms with van der Waals surface area (Å²) in [5.41, 5.74) is 8.59. The third-order valence-corrected chi connectivity index (χ3v) is 3.79. The van der Waals surface area contributed by atoms with Gasteiger partial charge in [-0.05, 0) is 46.8 Å². The van der Waals surface area contributed by atoms with E-state index in [1.807, 2.05) is 24.4 Å². The van der Waals surface area contributed by atoms with Crippen molar-refractivity contribution in [2.75, 3.05) is 0 Å². The van der Waals surface area contributed by atoms with Gasteiger partial charge in [0.2, 0.25) is 0 Å². The first-order valence-corrected chi connectivity index (χ1v) is 6.77. The quantitative estimate of drug-likeness (QED) is 0.777. The molecule has 0 bridgehead atoms. The molecule has 0 radical (unpaired) electrons. The highest BCUT2D eigenvalue weighted by Gasteiger charge is 2.06. The van der Waals surface area contributed by atoms with Crippen molar-refractivity contribution >= 4 is 22.5 Å². The lowest BCUT2D eigenvalue weighted by Gasteiger charge is -2.08. The minimum absolute atomic E-state index is 0.275. The number of halogens is 2. The van der Waals surface area contributed by atoms with Crippen LogP contribution in [0.2, 0.25) is 5.02 Å². The second kappa shape index (κ2) is 5.27. The van der Waals surface area contributed by atoms with Gasteiger partial charge in [0.25, 0.3) is 0 Å². The summed E-state index contributed by atoms with van der Waals surface area (Å²) < 4.78 is 15.4. The van der Waals surface area contributed by atoms with Crippen molar-refractivity contribution in [1.29, 1.82) is 0 Å². The molecule has 0 saturated carbocycles. The Kier molecular flexibility index (Phi) is 3.47. The van der Waals surface area contributed by atoms with Crippen LogP contribution in [-0.2, 0) is 13.1 Å². The zero-order valence-electron chi connectivity index (χ0n) is 10.8. The summed E-state index contributed by atoms with van der Waals surface area (Å²) in [7, 11) is 0. The lowest BCUT2D eigenvalue weighted by Crippen LogP contribution is -2.01. The average molecular weight is 289 g/mol. The summed E-state index contributed by atoms with van der Waals surface area (Å²) in [4.78, 5) is 0. The van der Waals surface area contributed by atoms with Crippen molar-refractivity contribution in [2.45, 2.75) is 13.1 Å². The minimum Gasteiger partial charge on any atom is -0.343 e. The number of aromatic nitrogens is 1.